The molecule has 0 saturated heterocycles. The number of rotatable bonds is 8. The molecule has 1 amide bonds. The third-order valence-corrected chi connectivity index (χ3v) is 5.30. The summed E-state index contributed by atoms with van der Waals surface area (Å²) in [6.07, 6.45) is 2.06. The summed E-state index contributed by atoms with van der Waals surface area (Å²) in [7, 11) is 1.61. The first-order valence-corrected chi connectivity index (χ1v) is 11.4. The molecule has 0 atom stereocenters. The molecule has 0 aliphatic heterocycles. The van der Waals surface area contributed by atoms with Crippen molar-refractivity contribution in [1.82, 2.24) is 10.3 Å². The monoisotopic (exact) mass is 475 g/mol. The van der Waals surface area contributed by atoms with E-state index >= 15 is 0 Å². The first-order chi connectivity index (χ1) is 16.6. The molecule has 0 spiro atoms. The third-order valence-electron chi connectivity index (χ3n) is 5.09. The number of anilines is 1. The van der Waals surface area contributed by atoms with Gasteiger partial charge in [0.05, 0.1) is 13.7 Å². The zero-order valence-corrected chi connectivity index (χ0v) is 19.8. The van der Waals surface area contributed by atoms with Gasteiger partial charge in [-0.1, -0.05) is 13.3 Å². The lowest BCUT2D eigenvalue weighted by Gasteiger charge is -2.10. The van der Waals surface area contributed by atoms with Gasteiger partial charge in [0.25, 0.3) is 5.91 Å². The number of unbranched alkanes of at least 4 members (excludes halogenated alkanes) is 1. The van der Waals surface area contributed by atoms with Crippen LogP contribution in [0.5, 0.6) is 11.5 Å². The molecule has 174 valence electrons. The van der Waals surface area contributed by atoms with Crippen molar-refractivity contribution in [2.75, 3.05) is 19.0 Å². The van der Waals surface area contributed by atoms with E-state index in [0.29, 0.717) is 23.6 Å². The number of benzene rings is 3. The predicted octanol–water partition coefficient (Wildman–Crippen LogP) is 5.81. The van der Waals surface area contributed by atoms with Crippen LogP contribution in [0.4, 0.5) is 5.69 Å². The Hall–Kier alpha value is -3.91. The van der Waals surface area contributed by atoms with E-state index in [2.05, 4.69) is 22.5 Å². The second-order valence-corrected chi connectivity index (χ2v) is 7.97. The Kier molecular flexibility index (Phi) is 7.39. The molecule has 3 aromatic carbocycles. The van der Waals surface area contributed by atoms with Crippen LogP contribution in [0.3, 0.4) is 0 Å². The van der Waals surface area contributed by atoms with Gasteiger partial charge in [-0.05, 0) is 79.3 Å². The fourth-order valence-electron chi connectivity index (χ4n) is 3.23. The number of aromatic nitrogens is 1. The summed E-state index contributed by atoms with van der Waals surface area (Å²) in [6, 6.07) is 19.9. The van der Waals surface area contributed by atoms with Crippen molar-refractivity contribution in [3.63, 3.8) is 0 Å². The number of nitrogens with zero attached hydrogens (tertiary/aromatic N) is 1. The highest BCUT2D eigenvalue weighted by molar-refractivity contribution is 7.80. The molecule has 34 heavy (non-hydrogen) atoms. The number of amides is 1. The van der Waals surface area contributed by atoms with Gasteiger partial charge in [0.1, 0.15) is 17.0 Å². The summed E-state index contributed by atoms with van der Waals surface area (Å²) in [5.41, 5.74) is 3.45. The molecular weight excluding hydrogens is 450 g/mol. The van der Waals surface area contributed by atoms with E-state index < -0.39 is 0 Å². The van der Waals surface area contributed by atoms with Crippen LogP contribution in [0.1, 0.15) is 30.1 Å². The Morgan fingerprint density at radius 1 is 1.03 bits per heavy atom. The summed E-state index contributed by atoms with van der Waals surface area (Å²) in [4.78, 5) is 17.0. The van der Waals surface area contributed by atoms with E-state index in [4.69, 9.17) is 26.1 Å². The minimum absolute atomic E-state index is 0.204. The number of nitrogens with one attached hydrogen (secondary N) is 2. The Bertz CT molecular complexity index is 1280. The minimum atomic E-state index is -0.295. The fourth-order valence-corrected chi connectivity index (χ4v) is 3.44. The Morgan fingerprint density at radius 2 is 1.76 bits per heavy atom. The van der Waals surface area contributed by atoms with Crippen molar-refractivity contribution in [2.45, 2.75) is 19.8 Å². The van der Waals surface area contributed by atoms with E-state index in [0.717, 1.165) is 41.1 Å². The molecule has 1 heterocycles. The molecule has 0 saturated carbocycles. The molecule has 0 unspecified atom stereocenters. The van der Waals surface area contributed by atoms with Crippen LogP contribution in [0.25, 0.3) is 22.6 Å². The highest BCUT2D eigenvalue weighted by Gasteiger charge is 2.11. The molecule has 2 N–H and O–H groups in total. The molecule has 0 aliphatic rings. The normalized spacial score (nSPS) is 10.6. The van der Waals surface area contributed by atoms with Gasteiger partial charge in [-0.25, -0.2) is 4.98 Å². The second-order valence-electron chi connectivity index (χ2n) is 7.56. The number of oxazole rings is 1. The number of carbonyl (C=O) groups is 1. The number of carbonyl (C=O) groups excluding carboxylic acids is 1. The number of hydrogen-bond donors (Lipinski definition) is 2. The van der Waals surface area contributed by atoms with Crippen molar-refractivity contribution in [3.8, 4) is 23.0 Å². The lowest BCUT2D eigenvalue weighted by Crippen LogP contribution is -2.34. The van der Waals surface area contributed by atoms with Crippen molar-refractivity contribution in [2.24, 2.45) is 0 Å². The molecule has 0 radical (unpaired) electrons. The summed E-state index contributed by atoms with van der Waals surface area (Å²) in [5.74, 6) is 1.67. The molecule has 1 aromatic heterocycles. The van der Waals surface area contributed by atoms with Gasteiger partial charge in [0, 0.05) is 22.9 Å². The highest BCUT2D eigenvalue weighted by atomic mass is 32.1. The number of thiocarbonyl (C=S) groups is 1. The van der Waals surface area contributed by atoms with E-state index in [1.807, 2.05) is 42.5 Å². The lowest BCUT2D eigenvalue weighted by molar-refractivity contribution is 0.0977. The van der Waals surface area contributed by atoms with Crippen molar-refractivity contribution in [1.29, 1.82) is 0 Å². The quantitative estimate of drug-likeness (QED) is 0.246. The summed E-state index contributed by atoms with van der Waals surface area (Å²) < 4.78 is 16.7. The minimum Gasteiger partial charge on any atom is -0.497 e. The average Bonchev–Trinajstić information content (AvgIpc) is 3.28. The van der Waals surface area contributed by atoms with E-state index in [9.17, 15) is 4.79 Å². The van der Waals surface area contributed by atoms with Gasteiger partial charge in [-0.15, -0.1) is 0 Å². The maximum absolute atomic E-state index is 12.5. The van der Waals surface area contributed by atoms with Gasteiger partial charge in [0.15, 0.2) is 10.7 Å². The standard InChI is InChI=1S/C26H25N3O4S/c1-3-4-15-32-20-11-7-17(8-12-20)24(30)29-26(34)27-19-9-5-18(6-10-19)25-28-22-16-21(31-2)13-14-23(22)33-25/h5-14,16H,3-4,15H2,1-2H3,(H2,27,29,30,34). The second kappa shape index (κ2) is 10.8. The molecule has 4 aromatic rings. The van der Waals surface area contributed by atoms with Crippen LogP contribution in [0, 0.1) is 0 Å². The zero-order valence-electron chi connectivity index (χ0n) is 19.0. The Morgan fingerprint density at radius 3 is 2.47 bits per heavy atom. The van der Waals surface area contributed by atoms with Gasteiger partial charge in [-0.3, -0.25) is 10.1 Å². The first-order valence-electron chi connectivity index (χ1n) is 11.0. The Labute approximate surface area is 203 Å². The molecule has 0 aliphatic carbocycles. The maximum Gasteiger partial charge on any atom is 0.257 e. The van der Waals surface area contributed by atoms with E-state index in [-0.39, 0.29) is 11.0 Å². The Balaban J connectivity index is 1.34. The van der Waals surface area contributed by atoms with Crippen molar-refractivity contribution >= 4 is 40.0 Å². The molecule has 4 rings (SSSR count). The molecule has 0 bridgehead atoms. The molecule has 8 heteroatoms. The maximum atomic E-state index is 12.5. The SMILES string of the molecule is CCCCOc1ccc(C(=O)NC(=S)Nc2ccc(-c3nc4cc(OC)ccc4o3)cc2)cc1. The molecule has 7 nitrogen and oxygen atoms in total. The average molecular weight is 476 g/mol. The predicted molar refractivity (Wildman–Crippen MR) is 137 cm³/mol. The van der Waals surface area contributed by atoms with E-state index in [1.54, 1.807) is 31.4 Å². The van der Waals surface area contributed by atoms with Gasteiger partial charge < -0.3 is 19.2 Å². The summed E-state index contributed by atoms with van der Waals surface area (Å²) in [6.45, 7) is 2.77. The van der Waals surface area contributed by atoms with Crippen LogP contribution in [0.15, 0.2) is 71.1 Å². The number of fused-ring (bicyclic) bond motifs is 1. The van der Waals surface area contributed by atoms with Gasteiger partial charge in [-0.2, -0.15) is 0 Å². The summed E-state index contributed by atoms with van der Waals surface area (Å²) in [5, 5.41) is 5.91. The number of methoxy groups -OCH3 is 1. The van der Waals surface area contributed by atoms with Crippen LogP contribution in [-0.2, 0) is 0 Å². The third kappa shape index (κ3) is 5.71. The number of hydrogen-bond acceptors (Lipinski definition) is 6. The van der Waals surface area contributed by atoms with Crippen molar-refractivity contribution < 1.29 is 18.7 Å². The fraction of sp³-hybridized carbons (Fsp3) is 0.192. The molecular formula is C26H25N3O4S. The zero-order chi connectivity index (χ0) is 23.9. The highest BCUT2D eigenvalue weighted by Crippen LogP contribution is 2.27. The van der Waals surface area contributed by atoms with Crippen LogP contribution >= 0.6 is 12.2 Å². The topological polar surface area (TPSA) is 85.6 Å². The van der Waals surface area contributed by atoms with Gasteiger partial charge in [0.2, 0.25) is 5.89 Å². The number of ether oxygens (including phenoxy) is 2. The largest absolute Gasteiger partial charge is 0.497 e. The van der Waals surface area contributed by atoms with Crippen LogP contribution in [0.2, 0.25) is 0 Å². The lowest BCUT2D eigenvalue weighted by atomic mass is 10.2. The summed E-state index contributed by atoms with van der Waals surface area (Å²) >= 11 is 5.29. The van der Waals surface area contributed by atoms with Gasteiger partial charge >= 0.3 is 0 Å². The smallest absolute Gasteiger partial charge is 0.257 e. The van der Waals surface area contributed by atoms with Crippen LogP contribution < -0.4 is 20.1 Å². The van der Waals surface area contributed by atoms with Crippen LogP contribution in [-0.4, -0.2) is 29.7 Å². The molecule has 0 fully saturated rings. The first kappa shape index (κ1) is 23.3. The van der Waals surface area contributed by atoms with E-state index in [1.165, 1.54) is 0 Å². The van der Waals surface area contributed by atoms with Crippen molar-refractivity contribution in [3.05, 3.63) is 72.3 Å².